The molecule has 1 heterocycles. The van der Waals surface area contributed by atoms with Crippen LogP contribution in [0.2, 0.25) is 0 Å². The summed E-state index contributed by atoms with van der Waals surface area (Å²) in [6.07, 6.45) is 0. The zero-order chi connectivity index (χ0) is 18.9. The summed E-state index contributed by atoms with van der Waals surface area (Å²) in [7, 11) is 0. The lowest BCUT2D eigenvalue weighted by Gasteiger charge is -2.08. The fourth-order valence-corrected chi connectivity index (χ4v) is 3.08. The number of rotatable bonds is 8. The SMILES string of the molecule is CCOC(=O)c1ccc(C(=O)NCCSCc2ccccc2F)nc1C. The number of nitrogens with one attached hydrogen (secondary N) is 1. The molecule has 0 spiro atoms. The van der Waals surface area contributed by atoms with Gasteiger partial charge in [0.1, 0.15) is 11.5 Å². The van der Waals surface area contributed by atoms with Crippen LogP contribution in [0.5, 0.6) is 0 Å². The Morgan fingerprint density at radius 2 is 2.00 bits per heavy atom. The van der Waals surface area contributed by atoms with Crippen molar-refractivity contribution in [2.24, 2.45) is 0 Å². The highest BCUT2D eigenvalue weighted by atomic mass is 32.2. The molecule has 0 aliphatic heterocycles. The Morgan fingerprint density at radius 1 is 1.23 bits per heavy atom. The minimum atomic E-state index is -0.450. The first-order valence-electron chi connectivity index (χ1n) is 8.27. The number of hydrogen-bond donors (Lipinski definition) is 1. The van der Waals surface area contributed by atoms with Gasteiger partial charge in [-0.25, -0.2) is 14.2 Å². The number of halogens is 1. The van der Waals surface area contributed by atoms with Crippen LogP contribution in [0.1, 0.15) is 39.0 Å². The fourth-order valence-electron chi connectivity index (χ4n) is 2.24. The molecule has 0 atom stereocenters. The maximum absolute atomic E-state index is 13.5. The molecule has 0 aliphatic carbocycles. The summed E-state index contributed by atoms with van der Waals surface area (Å²) in [5.74, 6) is 0.225. The number of pyridine rings is 1. The van der Waals surface area contributed by atoms with Crippen LogP contribution in [0.25, 0.3) is 0 Å². The summed E-state index contributed by atoms with van der Waals surface area (Å²) in [6.45, 7) is 4.11. The maximum atomic E-state index is 13.5. The molecular weight excluding hydrogens is 355 g/mol. The largest absolute Gasteiger partial charge is 0.462 e. The van der Waals surface area contributed by atoms with E-state index in [1.807, 2.05) is 0 Å². The van der Waals surface area contributed by atoms with Crippen molar-refractivity contribution in [2.45, 2.75) is 19.6 Å². The highest BCUT2D eigenvalue weighted by Gasteiger charge is 2.14. The van der Waals surface area contributed by atoms with Crippen LogP contribution in [-0.4, -0.2) is 35.8 Å². The number of ether oxygens (including phenoxy) is 1. The molecule has 1 aromatic carbocycles. The van der Waals surface area contributed by atoms with E-state index in [1.54, 1.807) is 38.1 Å². The first-order valence-corrected chi connectivity index (χ1v) is 9.42. The third-order valence-electron chi connectivity index (χ3n) is 3.56. The highest BCUT2D eigenvalue weighted by molar-refractivity contribution is 7.98. The predicted octanol–water partition coefficient (Wildman–Crippen LogP) is 3.37. The number of carbonyl (C=O) groups is 2. The van der Waals surface area contributed by atoms with Crippen LogP contribution in [0, 0.1) is 12.7 Å². The van der Waals surface area contributed by atoms with E-state index < -0.39 is 5.97 Å². The van der Waals surface area contributed by atoms with E-state index in [0.717, 1.165) is 0 Å². The van der Waals surface area contributed by atoms with Gasteiger partial charge in [0.25, 0.3) is 5.91 Å². The third kappa shape index (κ3) is 5.56. The van der Waals surface area contributed by atoms with Crippen molar-refractivity contribution in [3.8, 4) is 0 Å². The molecule has 138 valence electrons. The second-order valence-electron chi connectivity index (χ2n) is 5.45. The van der Waals surface area contributed by atoms with Gasteiger partial charge < -0.3 is 10.1 Å². The van der Waals surface area contributed by atoms with E-state index in [1.165, 1.54) is 23.9 Å². The molecule has 5 nitrogen and oxygen atoms in total. The molecule has 1 amide bonds. The van der Waals surface area contributed by atoms with E-state index in [2.05, 4.69) is 10.3 Å². The molecule has 0 saturated heterocycles. The fraction of sp³-hybridized carbons (Fsp3) is 0.316. The van der Waals surface area contributed by atoms with E-state index in [0.29, 0.717) is 34.9 Å². The van der Waals surface area contributed by atoms with Gasteiger partial charge in [-0.1, -0.05) is 18.2 Å². The van der Waals surface area contributed by atoms with Crippen molar-refractivity contribution in [1.29, 1.82) is 0 Å². The quantitative estimate of drug-likeness (QED) is 0.565. The number of amides is 1. The number of aryl methyl sites for hydroxylation is 1. The third-order valence-corrected chi connectivity index (χ3v) is 4.57. The number of thioether (sulfide) groups is 1. The van der Waals surface area contributed by atoms with Crippen molar-refractivity contribution in [3.05, 3.63) is 64.7 Å². The summed E-state index contributed by atoms with van der Waals surface area (Å²) < 4.78 is 18.4. The molecule has 0 aliphatic rings. The van der Waals surface area contributed by atoms with Gasteiger partial charge in [0.2, 0.25) is 0 Å². The Labute approximate surface area is 156 Å². The Balaban J connectivity index is 1.80. The Bertz CT molecular complexity index is 783. The molecule has 0 radical (unpaired) electrons. The van der Waals surface area contributed by atoms with Gasteiger partial charge in [0.15, 0.2) is 0 Å². The zero-order valence-electron chi connectivity index (χ0n) is 14.8. The lowest BCUT2D eigenvalue weighted by atomic mass is 10.2. The molecule has 2 aromatic rings. The van der Waals surface area contributed by atoms with Gasteiger partial charge >= 0.3 is 5.97 Å². The average molecular weight is 376 g/mol. The van der Waals surface area contributed by atoms with Crippen molar-refractivity contribution in [3.63, 3.8) is 0 Å². The monoisotopic (exact) mass is 376 g/mol. The normalized spacial score (nSPS) is 10.4. The van der Waals surface area contributed by atoms with Crippen LogP contribution >= 0.6 is 11.8 Å². The first kappa shape index (κ1) is 19.9. The van der Waals surface area contributed by atoms with Gasteiger partial charge in [-0.05, 0) is 37.6 Å². The number of aromatic nitrogens is 1. The van der Waals surface area contributed by atoms with Crippen LogP contribution in [-0.2, 0) is 10.5 Å². The molecule has 7 heteroatoms. The van der Waals surface area contributed by atoms with E-state index >= 15 is 0 Å². The number of hydrogen-bond acceptors (Lipinski definition) is 5. The number of nitrogens with zero attached hydrogens (tertiary/aromatic N) is 1. The molecule has 0 unspecified atom stereocenters. The predicted molar refractivity (Wildman–Crippen MR) is 99.8 cm³/mol. The molecular formula is C19H21FN2O3S. The Hall–Kier alpha value is -2.41. The molecule has 1 N–H and O–H groups in total. The number of carbonyl (C=O) groups excluding carboxylic acids is 2. The second-order valence-corrected chi connectivity index (χ2v) is 6.56. The van der Waals surface area contributed by atoms with Crippen molar-refractivity contribution in [1.82, 2.24) is 10.3 Å². The van der Waals surface area contributed by atoms with Gasteiger partial charge in [-0.15, -0.1) is 0 Å². The summed E-state index contributed by atoms with van der Waals surface area (Å²) >= 11 is 1.54. The molecule has 0 saturated carbocycles. The average Bonchev–Trinajstić information content (AvgIpc) is 2.62. The van der Waals surface area contributed by atoms with Crippen molar-refractivity contribution in [2.75, 3.05) is 18.9 Å². The van der Waals surface area contributed by atoms with E-state index in [9.17, 15) is 14.0 Å². The van der Waals surface area contributed by atoms with Crippen molar-refractivity contribution < 1.29 is 18.7 Å². The Morgan fingerprint density at radius 3 is 2.69 bits per heavy atom. The summed E-state index contributed by atoms with van der Waals surface area (Å²) in [5.41, 5.74) is 1.69. The zero-order valence-corrected chi connectivity index (χ0v) is 15.6. The van der Waals surface area contributed by atoms with Crippen LogP contribution in [0.15, 0.2) is 36.4 Å². The van der Waals surface area contributed by atoms with Gasteiger partial charge in [0.05, 0.1) is 17.9 Å². The van der Waals surface area contributed by atoms with E-state index in [-0.39, 0.29) is 24.0 Å². The topological polar surface area (TPSA) is 68.3 Å². The van der Waals surface area contributed by atoms with Crippen LogP contribution < -0.4 is 5.32 Å². The van der Waals surface area contributed by atoms with Gasteiger partial charge in [-0.2, -0.15) is 11.8 Å². The minimum absolute atomic E-state index is 0.217. The second kappa shape index (κ2) is 9.91. The standard InChI is InChI=1S/C19H21FN2O3S/c1-3-25-19(24)15-8-9-17(22-13(15)2)18(23)21-10-11-26-12-14-6-4-5-7-16(14)20/h4-9H,3,10-12H2,1-2H3,(H,21,23). The molecule has 26 heavy (non-hydrogen) atoms. The molecule has 1 aromatic heterocycles. The molecule has 2 rings (SSSR count). The summed E-state index contributed by atoms with van der Waals surface area (Å²) in [4.78, 5) is 28.0. The highest BCUT2D eigenvalue weighted by Crippen LogP contribution is 2.15. The number of benzene rings is 1. The lowest BCUT2D eigenvalue weighted by molar-refractivity contribution is 0.0524. The summed E-state index contributed by atoms with van der Waals surface area (Å²) in [6, 6.07) is 9.69. The number of esters is 1. The molecule has 0 bridgehead atoms. The van der Waals surface area contributed by atoms with Crippen LogP contribution in [0.4, 0.5) is 4.39 Å². The van der Waals surface area contributed by atoms with Gasteiger partial charge in [0, 0.05) is 18.1 Å². The van der Waals surface area contributed by atoms with Crippen LogP contribution in [0.3, 0.4) is 0 Å². The first-order chi connectivity index (χ1) is 12.5. The maximum Gasteiger partial charge on any atom is 0.339 e. The summed E-state index contributed by atoms with van der Waals surface area (Å²) in [5, 5.41) is 2.77. The molecule has 0 fully saturated rings. The Kier molecular flexibility index (Phi) is 7.59. The van der Waals surface area contributed by atoms with Crippen molar-refractivity contribution >= 4 is 23.6 Å². The lowest BCUT2D eigenvalue weighted by Crippen LogP contribution is -2.27. The smallest absolute Gasteiger partial charge is 0.339 e. The van der Waals surface area contributed by atoms with Gasteiger partial charge in [-0.3, -0.25) is 4.79 Å². The minimum Gasteiger partial charge on any atom is -0.462 e. The van der Waals surface area contributed by atoms with E-state index in [4.69, 9.17) is 4.74 Å².